The van der Waals surface area contributed by atoms with E-state index in [2.05, 4.69) is 19.5 Å². The summed E-state index contributed by atoms with van der Waals surface area (Å²) >= 11 is 0. The summed E-state index contributed by atoms with van der Waals surface area (Å²) < 4.78 is 2.10. The average molecular weight is 321 g/mol. The largest absolute Gasteiger partial charge is 0.342 e. The zero-order valence-corrected chi connectivity index (χ0v) is 13.4. The molecule has 4 heterocycles. The Labute approximate surface area is 139 Å². The van der Waals surface area contributed by atoms with Gasteiger partial charge in [0.25, 0.3) is 5.91 Å². The number of imidazole rings is 2. The highest BCUT2D eigenvalue weighted by Crippen LogP contribution is 2.28. The fourth-order valence-electron chi connectivity index (χ4n) is 3.73. The number of carbonyl (C=O) groups is 1. The van der Waals surface area contributed by atoms with E-state index in [0.717, 1.165) is 60.9 Å². The number of fused-ring (bicyclic) bond motifs is 2. The van der Waals surface area contributed by atoms with Gasteiger partial charge in [-0.3, -0.25) is 4.79 Å². The zero-order chi connectivity index (χ0) is 16.1. The lowest BCUT2D eigenvalue weighted by atomic mass is 9.99. The average Bonchev–Trinajstić information content (AvgIpc) is 3.17. The second-order valence-electron chi connectivity index (χ2n) is 6.71. The van der Waals surface area contributed by atoms with Gasteiger partial charge in [0, 0.05) is 26.1 Å². The van der Waals surface area contributed by atoms with Crippen molar-refractivity contribution in [1.82, 2.24) is 24.4 Å². The summed E-state index contributed by atoms with van der Waals surface area (Å²) in [6.07, 6.45) is 5.03. The Hall–Kier alpha value is -2.63. The van der Waals surface area contributed by atoms with E-state index in [-0.39, 0.29) is 5.91 Å². The molecule has 0 spiro atoms. The molecule has 1 N–H and O–H groups in total. The summed E-state index contributed by atoms with van der Waals surface area (Å²) in [5, 5.41) is 0. The fourth-order valence-corrected chi connectivity index (χ4v) is 3.73. The van der Waals surface area contributed by atoms with Gasteiger partial charge < -0.3 is 14.5 Å². The third-order valence-electron chi connectivity index (χ3n) is 5.15. The number of aromatic amines is 1. The zero-order valence-electron chi connectivity index (χ0n) is 13.4. The molecule has 0 radical (unpaired) electrons. The summed E-state index contributed by atoms with van der Waals surface area (Å²) in [5.41, 5.74) is 2.79. The number of H-pyrrole nitrogens is 1. The lowest BCUT2D eigenvalue weighted by Gasteiger charge is -2.38. The van der Waals surface area contributed by atoms with Gasteiger partial charge >= 0.3 is 0 Å². The van der Waals surface area contributed by atoms with E-state index in [1.54, 1.807) is 6.20 Å². The van der Waals surface area contributed by atoms with E-state index in [9.17, 15) is 4.79 Å². The molecule has 1 aromatic carbocycles. The lowest BCUT2D eigenvalue weighted by Crippen LogP contribution is -2.49. The first-order chi connectivity index (χ1) is 11.8. The predicted octanol–water partition coefficient (Wildman–Crippen LogP) is 2.34. The predicted molar refractivity (Wildman–Crippen MR) is 89.9 cm³/mol. The van der Waals surface area contributed by atoms with E-state index in [0.29, 0.717) is 5.92 Å². The number of hydrogen-bond donors (Lipinski definition) is 1. The molecule has 5 rings (SSSR count). The first-order valence-electron chi connectivity index (χ1n) is 8.58. The van der Waals surface area contributed by atoms with Crippen molar-refractivity contribution in [2.24, 2.45) is 0 Å². The molecule has 0 bridgehead atoms. The van der Waals surface area contributed by atoms with Crippen molar-refractivity contribution in [3.8, 4) is 0 Å². The molecule has 2 aromatic heterocycles. The number of aryl methyl sites for hydroxylation is 1. The third kappa shape index (κ3) is 2.06. The highest BCUT2D eigenvalue weighted by Gasteiger charge is 2.35. The van der Waals surface area contributed by atoms with Crippen LogP contribution in [-0.4, -0.2) is 43.4 Å². The van der Waals surface area contributed by atoms with Gasteiger partial charge in [-0.05, 0) is 25.0 Å². The van der Waals surface area contributed by atoms with Gasteiger partial charge in [0.15, 0.2) is 0 Å². The van der Waals surface area contributed by atoms with Crippen LogP contribution in [0, 0.1) is 0 Å². The number of hydrogen-bond acceptors (Lipinski definition) is 3. The molecule has 3 aromatic rings. The molecular formula is C18H19N5O. The lowest BCUT2D eigenvalue weighted by molar-refractivity contribution is 0.0583. The van der Waals surface area contributed by atoms with Crippen LogP contribution in [0.5, 0.6) is 0 Å². The summed E-state index contributed by atoms with van der Waals surface area (Å²) in [7, 11) is 0. The summed E-state index contributed by atoms with van der Waals surface area (Å²) in [5.74, 6) is 2.43. The Morgan fingerprint density at radius 3 is 2.96 bits per heavy atom. The number of nitrogens with one attached hydrogen (secondary N) is 1. The van der Waals surface area contributed by atoms with Gasteiger partial charge in [-0.15, -0.1) is 0 Å². The molecule has 1 amide bonds. The first-order valence-corrected chi connectivity index (χ1v) is 8.58. The summed E-state index contributed by atoms with van der Waals surface area (Å²) in [6.45, 7) is 2.36. The number of rotatable bonds is 2. The Kier molecular flexibility index (Phi) is 2.98. The van der Waals surface area contributed by atoms with Crippen molar-refractivity contribution in [2.45, 2.75) is 31.7 Å². The fraction of sp³-hybridized carbons (Fsp3) is 0.389. The van der Waals surface area contributed by atoms with Crippen LogP contribution in [0.3, 0.4) is 0 Å². The minimum absolute atomic E-state index is 0.100. The quantitative estimate of drug-likeness (QED) is 0.788. The van der Waals surface area contributed by atoms with Gasteiger partial charge in [-0.2, -0.15) is 0 Å². The van der Waals surface area contributed by atoms with E-state index in [1.165, 1.54) is 6.42 Å². The van der Waals surface area contributed by atoms with Gasteiger partial charge in [-0.25, -0.2) is 9.97 Å². The van der Waals surface area contributed by atoms with Gasteiger partial charge in [0.05, 0.1) is 23.1 Å². The van der Waals surface area contributed by atoms with Crippen LogP contribution in [0.25, 0.3) is 11.0 Å². The van der Waals surface area contributed by atoms with E-state index in [4.69, 9.17) is 0 Å². The van der Waals surface area contributed by atoms with Gasteiger partial charge in [0.1, 0.15) is 17.3 Å². The molecule has 122 valence electrons. The number of nitrogens with zero attached hydrogens (tertiary/aromatic N) is 4. The van der Waals surface area contributed by atoms with Crippen molar-refractivity contribution in [1.29, 1.82) is 0 Å². The van der Waals surface area contributed by atoms with Crippen LogP contribution in [0.4, 0.5) is 0 Å². The monoisotopic (exact) mass is 321 g/mol. The maximum Gasteiger partial charge on any atom is 0.272 e. The molecule has 2 aliphatic rings. The standard InChI is InChI=1S/C18H19N5O/c24-18(15-9-19-16-7-3-4-8-23(15)16)22-10-12(11-22)17-20-13-5-1-2-6-14(13)21-17/h1-2,5-6,9,12H,3-4,7-8,10-11H2,(H,20,21). The number of para-hydroxylation sites is 2. The maximum absolute atomic E-state index is 12.7. The highest BCUT2D eigenvalue weighted by atomic mass is 16.2. The van der Waals surface area contributed by atoms with Crippen molar-refractivity contribution < 1.29 is 4.79 Å². The topological polar surface area (TPSA) is 66.8 Å². The van der Waals surface area contributed by atoms with Crippen LogP contribution < -0.4 is 0 Å². The normalized spacial score (nSPS) is 17.8. The van der Waals surface area contributed by atoms with Crippen LogP contribution in [0.2, 0.25) is 0 Å². The van der Waals surface area contributed by atoms with E-state index in [1.807, 2.05) is 29.2 Å². The number of amides is 1. The SMILES string of the molecule is O=C(c1cnc2n1CCCC2)N1CC(c2nc3ccccc3[nH]2)C1. The Morgan fingerprint density at radius 2 is 2.08 bits per heavy atom. The molecule has 1 saturated heterocycles. The molecule has 6 nitrogen and oxygen atoms in total. The van der Waals surface area contributed by atoms with Gasteiger partial charge in [0.2, 0.25) is 0 Å². The molecule has 0 atom stereocenters. The minimum atomic E-state index is 0.100. The molecule has 0 aliphatic carbocycles. The second-order valence-corrected chi connectivity index (χ2v) is 6.71. The number of carbonyl (C=O) groups excluding carboxylic acids is 1. The molecule has 1 fully saturated rings. The number of aromatic nitrogens is 4. The third-order valence-corrected chi connectivity index (χ3v) is 5.15. The number of benzene rings is 1. The summed E-state index contributed by atoms with van der Waals surface area (Å²) in [6, 6.07) is 8.04. The second kappa shape index (κ2) is 5.19. The van der Waals surface area contributed by atoms with Crippen molar-refractivity contribution in [3.63, 3.8) is 0 Å². The van der Waals surface area contributed by atoms with Gasteiger partial charge in [-0.1, -0.05) is 12.1 Å². The maximum atomic E-state index is 12.7. The minimum Gasteiger partial charge on any atom is -0.342 e. The smallest absolute Gasteiger partial charge is 0.272 e. The molecule has 0 saturated carbocycles. The molecule has 6 heteroatoms. The van der Waals surface area contributed by atoms with Crippen LogP contribution >= 0.6 is 0 Å². The van der Waals surface area contributed by atoms with Crippen LogP contribution in [0.1, 0.15) is 40.9 Å². The van der Waals surface area contributed by atoms with E-state index >= 15 is 0 Å². The van der Waals surface area contributed by atoms with E-state index < -0.39 is 0 Å². The molecule has 0 unspecified atom stereocenters. The van der Waals surface area contributed by atoms with Crippen LogP contribution in [-0.2, 0) is 13.0 Å². The van der Waals surface area contributed by atoms with Crippen LogP contribution in [0.15, 0.2) is 30.5 Å². The Balaban J connectivity index is 1.32. The molecule has 24 heavy (non-hydrogen) atoms. The van der Waals surface area contributed by atoms with Crippen molar-refractivity contribution in [2.75, 3.05) is 13.1 Å². The molecular weight excluding hydrogens is 302 g/mol. The first kappa shape index (κ1) is 13.8. The van der Waals surface area contributed by atoms with Crippen molar-refractivity contribution in [3.05, 3.63) is 47.8 Å². The molecule has 2 aliphatic heterocycles. The number of likely N-dealkylation sites (tertiary alicyclic amines) is 1. The Bertz CT molecular complexity index is 886. The Morgan fingerprint density at radius 1 is 1.21 bits per heavy atom. The summed E-state index contributed by atoms with van der Waals surface area (Å²) in [4.78, 5) is 27.1. The van der Waals surface area contributed by atoms with Crippen molar-refractivity contribution >= 4 is 16.9 Å². The highest BCUT2D eigenvalue weighted by molar-refractivity contribution is 5.93.